The van der Waals surface area contributed by atoms with Crippen LogP contribution in [0.2, 0.25) is 0 Å². The van der Waals surface area contributed by atoms with Gasteiger partial charge in [-0.3, -0.25) is 14.4 Å². The minimum Gasteiger partial charge on any atom is -0.342 e. The van der Waals surface area contributed by atoms with E-state index >= 15 is 0 Å². The van der Waals surface area contributed by atoms with Crippen molar-refractivity contribution >= 4 is 23.5 Å². The van der Waals surface area contributed by atoms with Crippen molar-refractivity contribution in [1.29, 1.82) is 0 Å². The summed E-state index contributed by atoms with van der Waals surface area (Å²) >= 11 is 0. The Balaban J connectivity index is 1.31. The van der Waals surface area contributed by atoms with Crippen molar-refractivity contribution < 1.29 is 23.2 Å². The van der Waals surface area contributed by atoms with Crippen LogP contribution in [-0.4, -0.2) is 58.7 Å². The summed E-state index contributed by atoms with van der Waals surface area (Å²) < 4.78 is 27.1. The van der Waals surface area contributed by atoms with Crippen LogP contribution in [0.25, 0.3) is 0 Å². The number of nitrogens with one attached hydrogen (secondary N) is 1. The number of carbonyl (C=O) groups is 3. The van der Waals surface area contributed by atoms with Gasteiger partial charge in [-0.2, -0.15) is 0 Å². The minimum absolute atomic E-state index is 0.00780. The van der Waals surface area contributed by atoms with Gasteiger partial charge in [0.15, 0.2) is 0 Å². The van der Waals surface area contributed by atoms with E-state index in [0.29, 0.717) is 57.3 Å². The number of nitrogens with zero attached hydrogens (tertiary/aromatic N) is 3. The number of aryl methyl sites for hydroxylation is 1. The lowest BCUT2D eigenvalue weighted by Crippen LogP contribution is -2.48. The zero-order valence-electron chi connectivity index (χ0n) is 19.1. The Morgan fingerprint density at radius 2 is 1.76 bits per heavy atom. The molecule has 0 radical (unpaired) electrons. The molecule has 0 spiro atoms. The van der Waals surface area contributed by atoms with Crippen molar-refractivity contribution in [3.8, 4) is 0 Å². The fourth-order valence-electron chi connectivity index (χ4n) is 4.65. The maximum Gasteiger partial charge on any atom is 0.256 e. The molecule has 2 aliphatic rings. The Bertz CT molecular complexity index is 1090. The number of carbonyl (C=O) groups excluding carboxylic acids is 3. The molecule has 2 aliphatic heterocycles. The summed E-state index contributed by atoms with van der Waals surface area (Å²) in [7, 11) is 0. The molecule has 0 aliphatic carbocycles. The number of hydrogen-bond acceptors (Lipinski definition) is 4. The van der Waals surface area contributed by atoms with Gasteiger partial charge in [0.2, 0.25) is 11.8 Å². The highest BCUT2D eigenvalue weighted by Gasteiger charge is 2.35. The molecular weight excluding hydrogens is 442 g/mol. The van der Waals surface area contributed by atoms with Gasteiger partial charge in [-0.15, -0.1) is 0 Å². The molecule has 180 valence electrons. The quantitative estimate of drug-likeness (QED) is 0.743. The van der Waals surface area contributed by atoms with Gasteiger partial charge >= 0.3 is 0 Å². The van der Waals surface area contributed by atoms with Gasteiger partial charge in [-0.25, -0.2) is 13.8 Å². The van der Waals surface area contributed by atoms with E-state index in [4.69, 9.17) is 0 Å². The Morgan fingerprint density at radius 1 is 1.00 bits per heavy atom. The average Bonchev–Trinajstić information content (AvgIpc) is 2.85. The smallest absolute Gasteiger partial charge is 0.256 e. The second-order valence-electron chi connectivity index (χ2n) is 8.97. The fourth-order valence-corrected chi connectivity index (χ4v) is 4.65. The molecular formula is C25H28F2N4O3. The molecule has 9 heteroatoms. The summed E-state index contributed by atoms with van der Waals surface area (Å²) in [6, 6.07) is 6.59. The lowest BCUT2D eigenvalue weighted by molar-refractivity contribution is -0.139. The van der Waals surface area contributed by atoms with E-state index in [1.807, 2.05) is 13.0 Å². The highest BCUT2D eigenvalue weighted by atomic mass is 19.1. The maximum atomic E-state index is 14.0. The molecule has 2 aromatic rings. The SMILES string of the molecule is Cc1cccnc1NC(=O)C1CCCN(C(=O)C2CCN(C(=O)c3ccc(F)cc3F)CC2)C1. The first-order valence-corrected chi connectivity index (χ1v) is 11.6. The summed E-state index contributed by atoms with van der Waals surface area (Å²) in [6.45, 7) is 3.48. The lowest BCUT2D eigenvalue weighted by atomic mass is 9.91. The first kappa shape index (κ1) is 23.8. The molecule has 3 amide bonds. The molecule has 4 rings (SSSR count). The van der Waals surface area contributed by atoms with E-state index < -0.39 is 17.5 Å². The summed E-state index contributed by atoms with van der Waals surface area (Å²) in [6.07, 6.45) is 4.01. The van der Waals surface area contributed by atoms with Gasteiger partial charge in [-0.05, 0) is 56.4 Å². The molecule has 0 bridgehead atoms. The van der Waals surface area contributed by atoms with Crippen LogP contribution in [0, 0.1) is 30.4 Å². The summed E-state index contributed by atoms with van der Waals surface area (Å²) in [5.41, 5.74) is 0.709. The van der Waals surface area contributed by atoms with Crippen LogP contribution in [0.4, 0.5) is 14.6 Å². The number of anilines is 1. The molecule has 1 unspecified atom stereocenters. The number of rotatable bonds is 4. The van der Waals surface area contributed by atoms with Crippen LogP contribution in [0.3, 0.4) is 0 Å². The van der Waals surface area contributed by atoms with E-state index in [2.05, 4.69) is 10.3 Å². The summed E-state index contributed by atoms with van der Waals surface area (Å²) in [4.78, 5) is 46.0. The fraction of sp³-hybridized carbons (Fsp3) is 0.440. The van der Waals surface area contributed by atoms with Crippen molar-refractivity contribution in [1.82, 2.24) is 14.8 Å². The first-order chi connectivity index (χ1) is 16.3. The number of aromatic nitrogens is 1. The van der Waals surface area contributed by atoms with Crippen molar-refractivity contribution in [3.05, 3.63) is 59.3 Å². The number of pyridine rings is 1. The van der Waals surface area contributed by atoms with Crippen LogP contribution in [-0.2, 0) is 9.59 Å². The number of hydrogen-bond donors (Lipinski definition) is 1. The van der Waals surface area contributed by atoms with Crippen LogP contribution in [0.1, 0.15) is 41.6 Å². The van der Waals surface area contributed by atoms with Crippen molar-refractivity contribution in [2.75, 3.05) is 31.5 Å². The van der Waals surface area contributed by atoms with Crippen molar-refractivity contribution in [3.63, 3.8) is 0 Å². The third-order valence-electron chi connectivity index (χ3n) is 6.65. The summed E-state index contributed by atoms with van der Waals surface area (Å²) in [5, 5.41) is 2.87. The standard InChI is InChI=1S/C25H28F2N4O3/c1-16-4-2-10-28-22(16)29-23(32)18-5-3-11-31(15-18)24(33)17-8-12-30(13-9-17)25(34)20-7-6-19(26)14-21(20)27/h2,4,6-7,10,14,17-18H,3,5,8-9,11-13,15H2,1H3,(H,28,29,32). The predicted molar refractivity (Wildman–Crippen MR) is 122 cm³/mol. The first-order valence-electron chi connectivity index (χ1n) is 11.6. The van der Waals surface area contributed by atoms with Gasteiger partial charge in [0.25, 0.3) is 5.91 Å². The van der Waals surface area contributed by atoms with Crippen LogP contribution >= 0.6 is 0 Å². The minimum atomic E-state index is -0.887. The second-order valence-corrected chi connectivity index (χ2v) is 8.97. The van der Waals surface area contributed by atoms with Crippen LogP contribution in [0.5, 0.6) is 0 Å². The average molecular weight is 471 g/mol. The second kappa shape index (κ2) is 10.3. The third-order valence-corrected chi connectivity index (χ3v) is 6.65. The highest BCUT2D eigenvalue weighted by molar-refractivity contribution is 5.95. The van der Waals surface area contributed by atoms with Crippen LogP contribution < -0.4 is 5.32 Å². The van der Waals surface area contributed by atoms with Gasteiger partial charge in [0.1, 0.15) is 17.5 Å². The molecule has 34 heavy (non-hydrogen) atoms. The molecule has 1 atom stereocenters. The number of likely N-dealkylation sites (tertiary alicyclic amines) is 2. The molecule has 2 saturated heterocycles. The number of piperidine rings is 2. The van der Waals surface area contributed by atoms with E-state index in [-0.39, 0.29) is 29.2 Å². The largest absolute Gasteiger partial charge is 0.342 e. The number of amides is 3. The Labute approximate surface area is 197 Å². The van der Waals surface area contributed by atoms with Gasteiger partial charge in [-0.1, -0.05) is 6.07 Å². The zero-order valence-corrected chi connectivity index (χ0v) is 19.1. The molecule has 1 aromatic heterocycles. The lowest BCUT2D eigenvalue weighted by Gasteiger charge is -2.37. The van der Waals surface area contributed by atoms with E-state index in [9.17, 15) is 23.2 Å². The molecule has 0 saturated carbocycles. The Morgan fingerprint density at radius 3 is 2.47 bits per heavy atom. The third kappa shape index (κ3) is 5.24. The maximum absolute atomic E-state index is 14.0. The zero-order chi connectivity index (χ0) is 24.2. The predicted octanol–water partition coefficient (Wildman–Crippen LogP) is 3.40. The van der Waals surface area contributed by atoms with E-state index in [0.717, 1.165) is 24.1 Å². The van der Waals surface area contributed by atoms with Crippen molar-refractivity contribution in [2.24, 2.45) is 11.8 Å². The molecule has 1 N–H and O–H groups in total. The van der Waals surface area contributed by atoms with Crippen LogP contribution in [0.15, 0.2) is 36.5 Å². The topological polar surface area (TPSA) is 82.6 Å². The Kier molecular flexibility index (Phi) is 7.19. The molecule has 2 fully saturated rings. The molecule has 1 aromatic carbocycles. The Hall–Kier alpha value is -3.36. The highest BCUT2D eigenvalue weighted by Crippen LogP contribution is 2.26. The van der Waals surface area contributed by atoms with Crippen molar-refractivity contribution in [2.45, 2.75) is 32.6 Å². The monoisotopic (exact) mass is 470 g/mol. The number of halogens is 2. The van der Waals surface area contributed by atoms with E-state index in [1.165, 1.54) is 4.90 Å². The van der Waals surface area contributed by atoms with Gasteiger partial charge in [0.05, 0.1) is 11.5 Å². The van der Waals surface area contributed by atoms with Gasteiger partial charge in [0, 0.05) is 44.4 Å². The normalized spacial score (nSPS) is 19.1. The van der Waals surface area contributed by atoms with E-state index in [1.54, 1.807) is 17.2 Å². The molecule has 7 nitrogen and oxygen atoms in total. The summed E-state index contributed by atoms with van der Waals surface area (Å²) in [5.74, 6) is -2.28. The van der Waals surface area contributed by atoms with Gasteiger partial charge < -0.3 is 15.1 Å². The number of benzene rings is 1. The molecule has 3 heterocycles.